The Labute approximate surface area is 168 Å². The molecule has 1 aromatic heterocycles. The molecule has 156 valence electrons. The third kappa shape index (κ3) is 4.70. The van der Waals surface area contributed by atoms with Crippen LogP contribution < -0.4 is 10.2 Å². The summed E-state index contributed by atoms with van der Waals surface area (Å²) in [5.74, 6) is -1.18. The van der Waals surface area contributed by atoms with Gasteiger partial charge in [0.05, 0.1) is 5.75 Å². The minimum atomic E-state index is -3.41. The molecule has 2 aromatic rings. The summed E-state index contributed by atoms with van der Waals surface area (Å²) in [7, 11) is -3.41. The first-order valence-electron chi connectivity index (χ1n) is 9.37. The molecule has 1 aliphatic rings. The number of para-hydroxylation sites is 1. The zero-order valence-electron chi connectivity index (χ0n) is 16.3. The molecule has 1 aliphatic heterocycles. The summed E-state index contributed by atoms with van der Waals surface area (Å²) in [5, 5.41) is 4.13. The van der Waals surface area contributed by atoms with Crippen LogP contribution in [0.25, 0.3) is 5.69 Å². The normalized spacial score (nSPS) is 17.3. The third-order valence-electron chi connectivity index (χ3n) is 4.83. The second-order valence-corrected chi connectivity index (χ2v) is 9.02. The van der Waals surface area contributed by atoms with Gasteiger partial charge in [-0.2, -0.15) is 5.10 Å². The number of nitrogens with zero attached hydrogens (tertiary/aromatic N) is 3. The molecular weight excluding hydrogens is 399 g/mol. The molecule has 2 heterocycles. The van der Waals surface area contributed by atoms with Crippen LogP contribution in [0.3, 0.4) is 0 Å². The SMILES string of the molecule is CCS(=O)(=O)NC1CCCN(C(=O)c2nn(-c3ccccc3F)c(C)cc2=O)C1. The number of carbonyl (C=O) groups excluding carboxylic acids is 1. The summed E-state index contributed by atoms with van der Waals surface area (Å²) in [5.41, 5.74) is -0.357. The fourth-order valence-corrected chi connectivity index (χ4v) is 4.17. The van der Waals surface area contributed by atoms with Gasteiger partial charge in [0.15, 0.2) is 5.69 Å². The van der Waals surface area contributed by atoms with E-state index in [1.165, 1.54) is 40.8 Å². The number of benzene rings is 1. The zero-order valence-corrected chi connectivity index (χ0v) is 17.1. The lowest BCUT2D eigenvalue weighted by Crippen LogP contribution is -2.50. The van der Waals surface area contributed by atoms with Gasteiger partial charge < -0.3 is 4.90 Å². The number of aryl methyl sites for hydroxylation is 1. The Hall–Kier alpha value is -2.59. The van der Waals surface area contributed by atoms with Gasteiger partial charge in [0.25, 0.3) is 5.91 Å². The maximum absolute atomic E-state index is 14.2. The van der Waals surface area contributed by atoms with Crippen molar-refractivity contribution in [2.24, 2.45) is 0 Å². The summed E-state index contributed by atoms with van der Waals surface area (Å²) in [6.45, 7) is 3.67. The quantitative estimate of drug-likeness (QED) is 0.781. The second-order valence-electron chi connectivity index (χ2n) is 6.97. The van der Waals surface area contributed by atoms with Crippen molar-refractivity contribution >= 4 is 15.9 Å². The van der Waals surface area contributed by atoms with E-state index >= 15 is 0 Å². The number of piperidine rings is 1. The predicted molar refractivity (Wildman–Crippen MR) is 106 cm³/mol. The molecule has 0 radical (unpaired) electrons. The van der Waals surface area contributed by atoms with Crippen LogP contribution >= 0.6 is 0 Å². The van der Waals surface area contributed by atoms with Crippen molar-refractivity contribution in [2.45, 2.75) is 32.7 Å². The van der Waals surface area contributed by atoms with Gasteiger partial charge in [0.2, 0.25) is 15.5 Å². The van der Waals surface area contributed by atoms with E-state index in [2.05, 4.69) is 9.82 Å². The molecule has 0 saturated carbocycles. The van der Waals surface area contributed by atoms with Gasteiger partial charge in [-0.15, -0.1) is 0 Å². The number of aromatic nitrogens is 2. The molecule has 3 rings (SSSR count). The lowest BCUT2D eigenvalue weighted by atomic mass is 10.1. The summed E-state index contributed by atoms with van der Waals surface area (Å²) in [4.78, 5) is 26.8. The minimum Gasteiger partial charge on any atom is -0.336 e. The molecular formula is C19H23FN4O4S. The number of carbonyl (C=O) groups is 1. The van der Waals surface area contributed by atoms with Gasteiger partial charge in [0, 0.05) is 30.9 Å². The number of amides is 1. The fraction of sp³-hybridized carbons (Fsp3) is 0.421. The van der Waals surface area contributed by atoms with Crippen LogP contribution in [-0.2, 0) is 10.0 Å². The lowest BCUT2D eigenvalue weighted by Gasteiger charge is -2.32. The first-order valence-corrected chi connectivity index (χ1v) is 11.0. The number of sulfonamides is 1. The van der Waals surface area contributed by atoms with Crippen molar-refractivity contribution in [2.75, 3.05) is 18.8 Å². The van der Waals surface area contributed by atoms with E-state index in [1.807, 2.05) is 0 Å². The molecule has 0 spiro atoms. The predicted octanol–water partition coefficient (Wildman–Crippen LogP) is 1.22. The molecule has 0 aliphatic carbocycles. The minimum absolute atomic E-state index is 0.0513. The van der Waals surface area contributed by atoms with Gasteiger partial charge in [0.1, 0.15) is 11.5 Å². The Morgan fingerprint density at radius 2 is 2.07 bits per heavy atom. The van der Waals surface area contributed by atoms with Crippen LogP contribution in [-0.4, -0.2) is 53.9 Å². The van der Waals surface area contributed by atoms with Crippen LogP contribution in [0.1, 0.15) is 35.9 Å². The highest BCUT2D eigenvalue weighted by atomic mass is 32.2. The van der Waals surface area contributed by atoms with E-state index in [4.69, 9.17) is 0 Å². The monoisotopic (exact) mass is 422 g/mol. The first kappa shape index (κ1) is 21.1. The van der Waals surface area contributed by atoms with E-state index in [9.17, 15) is 22.4 Å². The van der Waals surface area contributed by atoms with Gasteiger partial charge >= 0.3 is 0 Å². The van der Waals surface area contributed by atoms with E-state index in [0.717, 1.165) is 0 Å². The highest BCUT2D eigenvalue weighted by molar-refractivity contribution is 7.89. The summed E-state index contributed by atoms with van der Waals surface area (Å²) in [6, 6.07) is 6.77. The van der Waals surface area contributed by atoms with Gasteiger partial charge in [-0.25, -0.2) is 22.2 Å². The van der Waals surface area contributed by atoms with E-state index in [-0.39, 0.29) is 23.7 Å². The van der Waals surface area contributed by atoms with Crippen LogP contribution in [0.4, 0.5) is 4.39 Å². The summed E-state index contributed by atoms with van der Waals surface area (Å²) in [6.07, 6.45) is 1.19. The number of halogens is 1. The Kier molecular flexibility index (Phi) is 6.13. The average molecular weight is 422 g/mol. The fourth-order valence-electron chi connectivity index (χ4n) is 3.31. The highest BCUT2D eigenvalue weighted by Gasteiger charge is 2.29. The second kappa shape index (κ2) is 8.42. The molecule has 10 heteroatoms. The topological polar surface area (TPSA) is 101 Å². The van der Waals surface area contributed by atoms with Crippen molar-refractivity contribution in [3.05, 3.63) is 57.8 Å². The standard InChI is InChI=1S/C19H23FN4O4S/c1-3-29(27,28)22-14-7-6-10-23(12-14)19(26)18-17(25)11-13(2)24(21-18)16-9-5-4-8-15(16)20/h4-5,8-9,11,14,22H,3,6-7,10,12H2,1-2H3. The average Bonchev–Trinajstić information content (AvgIpc) is 2.68. The number of hydrogen-bond donors (Lipinski definition) is 1. The maximum atomic E-state index is 14.2. The number of hydrogen-bond acceptors (Lipinski definition) is 5. The summed E-state index contributed by atoms with van der Waals surface area (Å²) < 4.78 is 41.6. The van der Waals surface area contributed by atoms with Gasteiger partial charge in [-0.3, -0.25) is 9.59 Å². The molecule has 1 atom stereocenters. The van der Waals surface area contributed by atoms with Crippen LogP contribution in [0.15, 0.2) is 35.1 Å². The lowest BCUT2D eigenvalue weighted by molar-refractivity contribution is 0.0693. The van der Waals surface area contributed by atoms with Crippen LogP contribution in [0.2, 0.25) is 0 Å². The van der Waals surface area contributed by atoms with Crippen LogP contribution in [0, 0.1) is 12.7 Å². The Morgan fingerprint density at radius 1 is 1.34 bits per heavy atom. The maximum Gasteiger partial charge on any atom is 0.278 e. The Balaban J connectivity index is 1.90. The zero-order chi connectivity index (χ0) is 21.2. The van der Waals surface area contributed by atoms with Crippen molar-refractivity contribution in [1.82, 2.24) is 19.4 Å². The van der Waals surface area contributed by atoms with Crippen LogP contribution in [0.5, 0.6) is 0 Å². The number of nitrogens with one attached hydrogen (secondary N) is 1. The smallest absolute Gasteiger partial charge is 0.278 e. The molecule has 1 N–H and O–H groups in total. The third-order valence-corrected chi connectivity index (χ3v) is 6.28. The van der Waals surface area contributed by atoms with Crippen molar-refractivity contribution in [3.8, 4) is 5.69 Å². The van der Waals surface area contributed by atoms with Gasteiger partial charge in [-0.1, -0.05) is 12.1 Å². The number of rotatable bonds is 5. The molecule has 0 bridgehead atoms. The van der Waals surface area contributed by atoms with E-state index in [1.54, 1.807) is 13.0 Å². The molecule has 1 amide bonds. The molecule has 29 heavy (non-hydrogen) atoms. The van der Waals surface area contributed by atoms with Gasteiger partial charge in [-0.05, 0) is 38.8 Å². The molecule has 1 unspecified atom stereocenters. The Bertz CT molecular complexity index is 1080. The van der Waals surface area contributed by atoms with E-state index in [0.29, 0.717) is 25.1 Å². The van der Waals surface area contributed by atoms with Crippen molar-refractivity contribution in [1.29, 1.82) is 0 Å². The van der Waals surface area contributed by atoms with E-state index < -0.39 is 33.2 Å². The van der Waals surface area contributed by atoms with Crippen molar-refractivity contribution < 1.29 is 17.6 Å². The molecule has 1 aromatic carbocycles. The molecule has 1 fully saturated rings. The Morgan fingerprint density at radius 3 is 2.76 bits per heavy atom. The number of likely N-dealkylation sites (tertiary alicyclic amines) is 1. The largest absolute Gasteiger partial charge is 0.336 e. The summed E-state index contributed by atoms with van der Waals surface area (Å²) >= 11 is 0. The molecule has 1 saturated heterocycles. The highest BCUT2D eigenvalue weighted by Crippen LogP contribution is 2.16. The van der Waals surface area contributed by atoms with Crippen molar-refractivity contribution in [3.63, 3.8) is 0 Å². The molecule has 8 nitrogen and oxygen atoms in total. The first-order chi connectivity index (χ1) is 13.7.